The van der Waals surface area contributed by atoms with Crippen LogP contribution in [0.4, 0.5) is 5.69 Å². The standard InChI is InChI=1S/C13H18N2O2/c1-10-2-3-13(15(16)17)12(8-10)9-11-4-6-14-7-5-11/h2-3,8,11,14H,4-7,9H2,1H3. The normalized spacial score (nSPS) is 17.0. The zero-order valence-corrected chi connectivity index (χ0v) is 10.1. The highest BCUT2D eigenvalue weighted by Gasteiger charge is 2.19. The van der Waals surface area contributed by atoms with Crippen molar-refractivity contribution in [2.45, 2.75) is 26.2 Å². The molecule has 0 bridgehead atoms. The fourth-order valence-electron chi connectivity index (χ4n) is 2.45. The number of benzene rings is 1. The van der Waals surface area contributed by atoms with Gasteiger partial charge in [0.1, 0.15) is 0 Å². The molecule has 1 N–H and O–H groups in total. The smallest absolute Gasteiger partial charge is 0.272 e. The van der Waals surface area contributed by atoms with Crippen molar-refractivity contribution in [2.75, 3.05) is 13.1 Å². The van der Waals surface area contributed by atoms with Crippen LogP contribution in [-0.2, 0) is 6.42 Å². The molecule has 0 amide bonds. The van der Waals surface area contributed by atoms with Crippen LogP contribution < -0.4 is 5.32 Å². The molecule has 92 valence electrons. The van der Waals surface area contributed by atoms with Gasteiger partial charge in [0.15, 0.2) is 0 Å². The molecular weight excluding hydrogens is 216 g/mol. The first-order valence-electron chi connectivity index (χ1n) is 6.11. The summed E-state index contributed by atoms with van der Waals surface area (Å²) in [5.74, 6) is 0.580. The fourth-order valence-corrected chi connectivity index (χ4v) is 2.45. The molecule has 2 rings (SSSR count). The molecular formula is C13H18N2O2. The quantitative estimate of drug-likeness (QED) is 0.645. The lowest BCUT2D eigenvalue weighted by Crippen LogP contribution is -2.28. The largest absolute Gasteiger partial charge is 0.317 e. The Morgan fingerprint density at radius 2 is 2.12 bits per heavy atom. The van der Waals surface area contributed by atoms with Crippen molar-refractivity contribution in [2.24, 2.45) is 5.92 Å². The topological polar surface area (TPSA) is 55.2 Å². The minimum atomic E-state index is -0.268. The molecule has 0 aromatic heterocycles. The maximum absolute atomic E-state index is 11.0. The summed E-state index contributed by atoms with van der Waals surface area (Å²) in [6, 6.07) is 5.40. The van der Waals surface area contributed by atoms with E-state index in [1.165, 1.54) is 0 Å². The average Bonchev–Trinajstić information content (AvgIpc) is 2.30. The van der Waals surface area contributed by atoms with Crippen LogP contribution in [0.3, 0.4) is 0 Å². The molecule has 1 aromatic carbocycles. The molecule has 1 aliphatic heterocycles. The van der Waals surface area contributed by atoms with E-state index in [0.717, 1.165) is 43.5 Å². The summed E-state index contributed by atoms with van der Waals surface area (Å²) in [5.41, 5.74) is 2.26. The molecule has 17 heavy (non-hydrogen) atoms. The molecule has 1 saturated heterocycles. The summed E-state index contributed by atoms with van der Waals surface area (Å²) in [6.07, 6.45) is 3.07. The van der Waals surface area contributed by atoms with Gasteiger partial charge in [0, 0.05) is 11.6 Å². The molecule has 1 fully saturated rings. The number of rotatable bonds is 3. The average molecular weight is 234 g/mol. The van der Waals surface area contributed by atoms with Gasteiger partial charge < -0.3 is 5.32 Å². The molecule has 4 heteroatoms. The Balaban J connectivity index is 2.17. The Morgan fingerprint density at radius 1 is 1.41 bits per heavy atom. The van der Waals surface area contributed by atoms with Crippen molar-refractivity contribution in [3.63, 3.8) is 0 Å². The van der Waals surface area contributed by atoms with Crippen LogP contribution in [0.5, 0.6) is 0 Å². The molecule has 1 heterocycles. The highest BCUT2D eigenvalue weighted by atomic mass is 16.6. The summed E-state index contributed by atoms with van der Waals surface area (Å²) in [6.45, 7) is 4.05. The van der Waals surface area contributed by atoms with Gasteiger partial charge in [0.2, 0.25) is 0 Å². The third kappa shape index (κ3) is 3.03. The molecule has 1 aromatic rings. The zero-order chi connectivity index (χ0) is 12.3. The third-order valence-electron chi connectivity index (χ3n) is 3.40. The Morgan fingerprint density at radius 3 is 2.76 bits per heavy atom. The van der Waals surface area contributed by atoms with E-state index in [4.69, 9.17) is 0 Å². The second-order valence-corrected chi connectivity index (χ2v) is 4.79. The van der Waals surface area contributed by atoms with Crippen LogP contribution >= 0.6 is 0 Å². The van der Waals surface area contributed by atoms with E-state index in [1.54, 1.807) is 6.07 Å². The first-order valence-corrected chi connectivity index (χ1v) is 6.11. The van der Waals surface area contributed by atoms with E-state index in [1.807, 2.05) is 19.1 Å². The van der Waals surface area contributed by atoms with Crippen LogP contribution in [0.25, 0.3) is 0 Å². The SMILES string of the molecule is Cc1ccc([N+](=O)[O-])c(CC2CCNCC2)c1. The van der Waals surface area contributed by atoms with Crippen LogP contribution in [0.2, 0.25) is 0 Å². The second kappa shape index (κ2) is 5.27. The van der Waals surface area contributed by atoms with Gasteiger partial charge in [-0.1, -0.05) is 11.6 Å². The number of nitrogens with zero attached hydrogens (tertiary/aromatic N) is 1. The molecule has 0 unspecified atom stereocenters. The Labute approximate surface area is 101 Å². The van der Waals surface area contributed by atoms with E-state index < -0.39 is 0 Å². The minimum Gasteiger partial charge on any atom is -0.317 e. The van der Waals surface area contributed by atoms with E-state index in [9.17, 15) is 10.1 Å². The van der Waals surface area contributed by atoms with Crippen LogP contribution in [-0.4, -0.2) is 18.0 Å². The predicted molar refractivity (Wildman–Crippen MR) is 67.1 cm³/mol. The first kappa shape index (κ1) is 12.0. The number of hydrogen-bond donors (Lipinski definition) is 1. The molecule has 4 nitrogen and oxygen atoms in total. The van der Waals surface area contributed by atoms with Crippen molar-refractivity contribution in [1.29, 1.82) is 0 Å². The lowest BCUT2D eigenvalue weighted by Gasteiger charge is -2.22. The monoisotopic (exact) mass is 234 g/mol. The van der Waals surface area contributed by atoms with Gasteiger partial charge >= 0.3 is 0 Å². The van der Waals surface area contributed by atoms with E-state index in [-0.39, 0.29) is 10.6 Å². The molecule has 0 atom stereocenters. The number of nitrogens with one attached hydrogen (secondary N) is 1. The van der Waals surface area contributed by atoms with Gasteiger partial charge in [-0.2, -0.15) is 0 Å². The number of hydrogen-bond acceptors (Lipinski definition) is 3. The molecule has 1 aliphatic rings. The van der Waals surface area contributed by atoms with E-state index >= 15 is 0 Å². The van der Waals surface area contributed by atoms with Gasteiger partial charge in [-0.05, 0) is 51.3 Å². The van der Waals surface area contributed by atoms with E-state index in [0.29, 0.717) is 5.92 Å². The summed E-state index contributed by atoms with van der Waals surface area (Å²) in [5, 5.41) is 14.3. The lowest BCUT2D eigenvalue weighted by atomic mass is 9.90. The highest BCUT2D eigenvalue weighted by molar-refractivity contribution is 5.42. The maximum Gasteiger partial charge on any atom is 0.272 e. The van der Waals surface area contributed by atoms with Crippen molar-refractivity contribution in [3.8, 4) is 0 Å². The number of nitro groups is 1. The van der Waals surface area contributed by atoms with Gasteiger partial charge in [-0.3, -0.25) is 10.1 Å². The fraction of sp³-hybridized carbons (Fsp3) is 0.538. The minimum absolute atomic E-state index is 0.268. The summed E-state index contributed by atoms with van der Waals surface area (Å²) in [7, 11) is 0. The summed E-state index contributed by atoms with van der Waals surface area (Å²) >= 11 is 0. The maximum atomic E-state index is 11.0. The Kier molecular flexibility index (Phi) is 3.74. The van der Waals surface area contributed by atoms with Gasteiger partial charge in [0.05, 0.1) is 4.92 Å². The molecule has 0 aliphatic carbocycles. The van der Waals surface area contributed by atoms with Crippen molar-refractivity contribution in [1.82, 2.24) is 5.32 Å². The van der Waals surface area contributed by atoms with Crippen LogP contribution in [0.15, 0.2) is 18.2 Å². The predicted octanol–water partition coefficient (Wildman–Crippen LogP) is 2.45. The Hall–Kier alpha value is -1.42. The number of piperidine rings is 1. The zero-order valence-electron chi connectivity index (χ0n) is 10.1. The number of aryl methyl sites for hydroxylation is 1. The van der Waals surface area contributed by atoms with Crippen molar-refractivity contribution < 1.29 is 4.92 Å². The number of nitro benzene ring substituents is 1. The summed E-state index contributed by atoms with van der Waals surface area (Å²) in [4.78, 5) is 10.7. The second-order valence-electron chi connectivity index (χ2n) is 4.79. The van der Waals surface area contributed by atoms with Gasteiger partial charge in [-0.25, -0.2) is 0 Å². The van der Waals surface area contributed by atoms with Crippen LogP contribution in [0, 0.1) is 23.0 Å². The van der Waals surface area contributed by atoms with Gasteiger partial charge in [-0.15, -0.1) is 0 Å². The van der Waals surface area contributed by atoms with E-state index in [2.05, 4.69) is 5.32 Å². The first-order chi connectivity index (χ1) is 8.16. The van der Waals surface area contributed by atoms with Crippen LogP contribution in [0.1, 0.15) is 24.0 Å². The summed E-state index contributed by atoms with van der Waals surface area (Å²) < 4.78 is 0. The van der Waals surface area contributed by atoms with Crippen molar-refractivity contribution in [3.05, 3.63) is 39.4 Å². The Bertz CT molecular complexity index is 412. The molecule has 0 saturated carbocycles. The molecule has 0 radical (unpaired) electrons. The van der Waals surface area contributed by atoms with Crippen molar-refractivity contribution >= 4 is 5.69 Å². The highest BCUT2D eigenvalue weighted by Crippen LogP contribution is 2.26. The lowest BCUT2D eigenvalue weighted by molar-refractivity contribution is -0.385. The van der Waals surface area contributed by atoms with Gasteiger partial charge in [0.25, 0.3) is 5.69 Å². The third-order valence-corrected chi connectivity index (χ3v) is 3.40. The molecule has 0 spiro atoms.